The average molecular weight is 610 g/mol. The molecule has 1 fully saturated rings. The van der Waals surface area contributed by atoms with Crippen molar-refractivity contribution in [3.05, 3.63) is 107 Å². The molecule has 0 aliphatic heterocycles. The van der Waals surface area contributed by atoms with Gasteiger partial charge in [-0.05, 0) is 47.7 Å². The molecule has 0 unspecified atom stereocenters. The second kappa shape index (κ2) is 10.5. The van der Waals surface area contributed by atoms with Crippen LogP contribution in [0.3, 0.4) is 0 Å². The number of nitrogens with zero attached hydrogens (tertiary/aromatic N) is 3. The summed E-state index contributed by atoms with van der Waals surface area (Å²) >= 11 is 0.972. The van der Waals surface area contributed by atoms with E-state index in [4.69, 9.17) is 0 Å². The van der Waals surface area contributed by atoms with Crippen LogP contribution < -0.4 is 0 Å². The molecule has 42 heavy (non-hydrogen) atoms. The molecule has 0 saturated heterocycles. The van der Waals surface area contributed by atoms with Crippen LogP contribution in [-0.2, 0) is 22.5 Å². The van der Waals surface area contributed by atoms with Crippen LogP contribution in [0.15, 0.2) is 89.1 Å². The van der Waals surface area contributed by atoms with Crippen LogP contribution in [0.25, 0.3) is 27.5 Å². The standard InChI is InChI=1S/C30H22F3N3O4S2/c31-30(32,33)29(13-14-29)26-23(15-18-9-11-22(12-10-18)42(39)40)25(36(35-26)28-34-24(17-41-28)27(37)38)21-8-4-7-20(16-21)19-5-2-1-3-6-19/h1-12,16-17,42H,13-15H2,(H,37,38). The van der Waals surface area contributed by atoms with Crippen molar-refractivity contribution in [2.45, 2.75) is 35.7 Å². The molecule has 12 heteroatoms. The van der Waals surface area contributed by atoms with E-state index in [0.29, 0.717) is 22.4 Å². The molecule has 7 nitrogen and oxygen atoms in total. The Kier molecular flexibility index (Phi) is 6.98. The van der Waals surface area contributed by atoms with Gasteiger partial charge in [0.25, 0.3) is 0 Å². The van der Waals surface area contributed by atoms with E-state index in [9.17, 15) is 31.5 Å². The number of carboxylic acid groups (broad SMARTS) is 1. The van der Waals surface area contributed by atoms with Gasteiger partial charge in [0.1, 0.15) is 5.41 Å². The lowest BCUT2D eigenvalue weighted by Gasteiger charge is -2.19. The summed E-state index contributed by atoms with van der Waals surface area (Å²) in [6, 6.07) is 22.8. The smallest absolute Gasteiger partial charge is 0.400 e. The lowest BCUT2D eigenvalue weighted by molar-refractivity contribution is -0.161. The molecule has 1 aliphatic rings. The van der Waals surface area contributed by atoms with Gasteiger partial charge in [-0.1, -0.05) is 60.7 Å². The SMILES string of the molecule is O=C(O)c1csc(-n2nc(C3(C(F)(F)F)CC3)c(Cc3ccc([SH](=O)=O)cc3)c2-c2cccc(-c3ccccc3)c2)n1. The molecule has 214 valence electrons. The number of halogens is 3. The minimum Gasteiger partial charge on any atom is -0.476 e. The largest absolute Gasteiger partial charge is 0.476 e. The molecule has 0 spiro atoms. The predicted octanol–water partition coefficient (Wildman–Crippen LogP) is 6.52. The lowest BCUT2D eigenvalue weighted by Crippen LogP contribution is -2.30. The molecule has 3 aromatic carbocycles. The van der Waals surface area contributed by atoms with Crippen molar-refractivity contribution in [1.82, 2.24) is 14.8 Å². The Morgan fingerprint density at radius 2 is 1.62 bits per heavy atom. The first-order chi connectivity index (χ1) is 20.1. The van der Waals surface area contributed by atoms with Gasteiger partial charge >= 0.3 is 12.1 Å². The highest BCUT2D eigenvalue weighted by atomic mass is 32.2. The minimum absolute atomic E-state index is 0.0329. The van der Waals surface area contributed by atoms with Gasteiger partial charge < -0.3 is 5.11 Å². The zero-order chi connectivity index (χ0) is 29.6. The molecule has 0 bridgehead atoms. The number of carbonyl (C=O) groups is 1. The summed E-state index contributed by atoms with van der Waals surface area (Å²) in [6.45, 7) is 0. The third-order valence-electron chi connectivity index (χ3n) is 7.39. The van der Waals surface area contributed by atoms with Gasteiger partial charge in [-0.2, -0.15) is 18.3 Å². The van der Waals surface area contributed by atoms with Gasteiger partial charge in [-0.15, -0.1) is 11.3 Å². The quantitative estimate of drug-likeness (QED) is 0.194. The number of rotatable bonds is 8. The Balaban J connectivity index is 1.61. The Hall–Kier alpha value is -4.29. The van der Waals surface area contributed by atoms with Gasteiger partial charge in [-0.3, -0.25) is 0 Å². The Morgan fingerprint density at radius 3 is 2.21 bits per heavy atom. The number of thiol groups is 1. The highest BCUT2D eigenvalue weighted by molar-refractivity contribution is 7.72. The summed E-state index contributed by atoms with van der Waals surface area (Å²) in [4.78, 5) is 15.9. The van der Waals surface area contributed by atoms with E-state index >= 15 is 0 Å². The second-order valence-electron chi connectivity index (χ2n) is 10.0. The molecule has 0 atom stereocenters. The average Bonchev–Trinajstić information content (AvgIpc) is 3.50. The van der Waals surface area contributed by atoms with Crippen LogP contribution in [0, 0.1) is 0 Å². The molecule has 5 aromatic rings. The van der Waals surface area contributed by atoms with Gasteiger partial charge in [0.2, 0.25) is 5.13 Å². The minimum atomic E-state index is -4.57. The van der Waals surface area contributed by atoms with E-state index in [1.807, 2.05) is 42.5 Å². The summed E-state index contributed by atoms with van der Waals surface area (Å²) in [5.41, 5.74) is 1.08. The molecule has 1 saturated carbocycles. The first-order valence-electron chi connectivity index (χ1n) is 12.8. The second-order valence-corrected chi connectivity index (χ2v) is 11.9. The van der Waals surface area contributed by atoms with Crippen LogP contribution in [-0.4, -0.2) is 40.4 Å². The van der Waals surface area contributed by atoms with E-state index < -0.39 is 28.3 Å². The fourth-order valence-electron chi connectivity index (χ4n) is 5.09. The van der Waals surface area contributed by atoms with Crippen LogP contribution in [0.2, 0.25) is 0 Å². The molecule has 0 amide bonds. The number of aromatic nitrogens is 3. The van der Waals surface area contributed by atoms with Crippen LogP contribution in [0.4, 0.5) is 13.2 Å². The summed E-state index contributed by atoms with van der Waals surface area (Å²) < 4.78 is 67.9. The van der Waals surface area contributed by atoms with Gasteiger partial charge in [0, 0.05) is 22.9 Å². The Bertz CT molecular complexity index is 1870. The summed E-state index contributed by atoms with van der Waals surface area (Å²) in [7, 11) is -2.82. The maximum absolute atomic E-state index is 14.6. The van der Waals surface area contributed by atoms with Crippen molar-refractivity contribution in [1.29, 1.82) is 0 Å². The number of hydrogen-bond acceptors (Lipinski definition) is 6. The highest BCUT2D eigenvalue weighted by Crippen LogP contribution is 2.60. The number of hydrogen-bond donors (Lipinski definition) is 2. The Morgan fingerprint density at radius 1 is 0.952 bits per heavy atom. The van der Waals surface area contributed by atoms with E-state index in [1.54, 1.807) is 24.3 Å². The molecule has 0 radical (unpaired) electrons. The lowest BCUT2D eigenvalue weighted by atomic mass is 9.90. The zero-order valence-electron chi connectivity index (χ0n) is 21.7. The number of benzene rings is 3. The van der Waals surface area contributed by atoms with E-state index in [-0.39, 0.29) is 40.7 Å². The predicted molar refractivity (Wildman–Crippen MR) is 152 cm³/mol. The van der Waals surface area contributed by atoms with Crippen molar-refractivity contribution in [3.8, 4) is 27.5 Å². The van der Waals surface area contributed by atoms with Crippen molar-refractivity contribution in [2.24, 2.45) is 0 Å². The fourth-order valence-corrected chi connectivity index (χ4v) is 6.24. The van der Waals surface area contributed by atoms with Crippen molar-refractivity contribution in [3.63, 3.8) is 0 Å². The summed E-state index contributed by atoms with van der Waals surface area (Å²) in [5.74, 6) is -1.26. The van der Waals surface area contributed by atoms with Crippen LogP contribution >= 0.6 is 11.3 Å². The summed E-state index contributed by atoms with van der Waals surface area (Å²) in [6.07, 6.45) is -4.79. The first kappa shape index (κ1) is 27.9. The number of alkyl halides is 3. The number of aromatic carboxylic acids is 1. The van der Waals surface area contributed by atoms with Crippen molar-refractivity contribution in [2.75, 3.05) is 0 Å². The molecule has 1 aliphatic carbocycles. The van der Waals surface area contributed by atoms with Crippen LogP contribution in [0.5, 0.6) is 0 Å². The topological polar surface area (TPSA) is 102 Å². The molecular weight excluding hydrogens is 587 g/mol. The third kappa shape index (κ3) is 5.01. The van der Waals surface area contributed by atoms with Gasteiger partial charge in [0.05, 0.1) is 16.3 Å². The molecule has 2 aromatic heterocycles. The maximum atomic E-state index is 14.6. The van der Waals surface area contributed by atoms with E-state index in [2.05, 4.69) is 10.1 Å². The fraction of sp³-hybridized carbons (Fsp3) is 0.167. The molecular formula is C30H22F3N3O4S2. The van der Waals surface area contributed by atoms with Crippen molar-refractivity contribution < 1.29 is 31.5 Å². The van der Waals surface area contributed by atoms with E-state index in [1.165, 1.54) is 22.2 Å². The molecule has 6 rings (SSSR count). The maximum Gasteiger partial charge on any atom is 0.400 e. The molecule has 2 heterocycles. The first-order valence-corrected chi connectivity index (χ1v) is 14.9. The molecule has 1 N–H and O–H groups in total. The van der Waals surface area contributed by atoms with E-state index in [0.717, 1.165) is 22.5 Å². The monoisotopic (exact) mass is 609 g/mol. The number of thiazole rings is 1. The third-order valence-corrected chi connectivity index (χ3v) is 8.93. The Labute approximate surface area is 243 Å². The van der Waals surface area contributed by atoms with Crippen molar-refractivity contribution >= 4 is 28.0 Å². The zero-order valence-corrected chi connectivity index (χ0v) is 23.4. The van der Waals surface area contributed by atoms with Gasteiger partial charge in [0.15, 0.2) is 16.4 Å². The normalized spacial score (nSPS) is 14.3. The number of carboxylic acids is 1. The van der Waals surface area contributed by atoms with Gasteiger partial charge in [-0.25, -0.2) is 22.9 Å². The van der Waals surface area contributed by atoms with Crippen LogP contribution in [0.1, 0.15) is 40.2 Å². The summed E-state index contributed by atoms with van der Waals surface area (Å²) in [5, 5.41) is 15.5. The highest BCUT2D eigenvalue weighted by Gasteiger charge is 2.66.